The van der Waals surface area contributed by atoms with Crippen molar-refractivity contribution in [1.82, 2.24) is 4.98 Å². The zero-order valence-corrected chi connectivity index (χ0v) is 14.4. The minimum atomic E-state index is -1.02. The summed E-state index contributed by atoms with van der Waals surface area (Å²) in [6.45, 7) is 6.62. The highest BCUT2D eigenvalue weighted by Crippen LogP contribution is 2.24. The molecule has 0 aliphatic heterocycles. The Hall–Kier alpha value is -2.70. The molecule has 0 saturated carbocycles. The fraction of sp³-hybridized carbons (Fsp3) is 0.333. The van der Waals surface area contributed by atoms with Crippen LogP contribution in [-0.2, 0) is 4.74 Å². The number of aromatic amines is 1. The first-order valence-corrected chi connectivity index (χ1v) is 7.78. The Balaban J connectivity index is 2.26. The number of hydrogen-bond acceptors (Lipinski definition) is 4. The Labute approximate surface area is 143 Å². The molecule has 7 heteroatoms. The lowest BCUT2D eigenvalue weighted by molar-refractivity contribution is 0.0519. The highest BCUT2D eigenvalue weighted by Gasteiger charge is 2.27. The Morgan fingerprint density at radius 3 is 2.52 bits per heavy atom. The first kappa shape index (κ1) is 18.6. The van der Waals surface area contributed by atoms with E-state index >= 15 is 0 Å². The van der Waals surface area contributed by atoms with Crippen molar-refractivity contribution < 1.29 is 27.8 Å². The number of rotatable bonds is 6. The number of carbonyl (C=O) groups excluding carboxylic acids is 2. The molecule has 0 fully saturated rings. The summed E-state index contributed by atoms with van der Waals surface area (Å²) >= 11 is 0. The summed E-state index contributed by atoms with van der Waals surface area (Å²) in [6, 6.07) is 2.84. The maximum Gasteiger partial charge on any atom is 0.355 e. The quantitative estimate of drug-likeness (QED) is 0.636. The largest absolute Gasteiger partial charge is 0.479 e. The second-order valence-electron chi connectivity index (χ2n) is 5.54. The van der Waals surface area contributed by atoms with E-state index in [1.54, 1.807) is 20.8 Å². The number of ether oxygens (including phenoxy) is 2. The van der Waals surface area contributed by atoms with Crippen molar-refractivity contribution in [1.29, 1.82) is 0 Å². The fourth-order valence-electron chi connectivity index (χ4n) is 2.55. The fourth-order valence-corrected chi connectivity index (χ4v) is 2.55. The number of benzene rings is 1. The van der Waals surface area contributed by atoms with E-state index in [0.29, 0.717) is 17.3 Å². The molecule has 0 radical (unpaired) electrons. The van der Waals surface area contributed by atoms with E-state index in [1.165, 1.54) is 6.92 Å². The minimum Gasteiger partial charge on any atom is -0.479 e. The smallest absolute Gasteiger partial charge is 0.355 e. The van der Waals surface area contributed by atoms with Crippen LogP contribution in [0.4, 0.5) is 8.78 Å². The standard InChI is InChI=1S/C18H19F2NO4/c1-5-24-18(23)16-9(2)15(10(3)21-16)17(22)11(4)25-14-7-6-12(19)8-13(14)20/h6-8,11,21H,5H2,1-4H3/t11-/m0/s1. The second-order valence-corrected chi connectivity index (χ2v) is 5.54. The summed E-state index contributed by atoms with van der Waals surface area (Å²) < 4.78 is 36.9. The van der Waals surface area contributed by atoms with Gasteiger partial charge in [-0.3, -0.25) is 4.79 Å². The molecular weight excluding hydrogens is 332 g/mol. The summed E-state index contributed by atoms with van der Waals surface area (Å²) in [4.78, 5) is 27.4. The molecule has 1 aromatic heterocycles. The van der Waals surface area contributed by atoms with Crippen LogP contribution in [0.2, 0.25) is 0 Å². The number of aryl methyl sites for hydroxylation is 1. The van der Waals surface area contributed by atoms with Crippen LogP contribution < -0.4 is 4.74 Å². The van der Waals surface area contributed by atoms with E-state index in [4.69, 9.17) is 9.47 Å². The first-order valence-electron chi connectivity index (χ1n) is 7.78. The number of carbonyl (C=O) groups is 2. The summed E-state index contributed by atoms with van der Waals surface area (Å²) in [5.74, 6) is -2.83. The van der Waals surface area contributed by atoms with E-state index in [1.807, 2.05) is 0 Å². The van der Waals surface area contributed by atoms with Crippen molar-refractivity contribution in [2.75, 3.05) is 6.61 Å². The third kappa shape index (κ3) is 3.87. The Morgan fingerprint density at radius 2 is 1.92 bits per heavy atom. The predicted molar refractivity (Wildman–Crippen MR) is 87.0 cm³/mol. The van der Waals surface area contributed by atoms with Gasteiger partial charge in [-0.25, -0.2) is 13.6 Å². The maximum atomic E-state index is 13.7. The van der Waals surface area contributed by atoms with Gasteiger partial charge in [-0.1, -0.05) is 0 Å². The molecule has 0 saturated heterocycles. The highest BCUT2D eigenvalue weighted by atomic mass is 19.1. The molecule has 1 heterocycles. The maximum absolute atomic E-state index is 13.7. The van der Waals surface area contributed by atoms with E-state index in [2.05, 4.69) is 4.98 Å². The van der Waals surface area contributed by atoms with Crippen LogP contribution in [-0.4, -0.2) is 29.4 Å². The first-order chi connectivity index (χ1) is 11.8. The molecule has 5 nitrogen and oxygen atoms in total. The third-order valence-corrected chi connectivity index (χ3v) is 3.73. The zero-order valence-electron chi connectivity index (χ0n) is 14.4. The molecule has 0 aliphatic rings. The van der Waals surface area contributed by atoms with Crippen LogP contribution in [0.15, 0.2) is 18.2 Å². The molecule has 134 valence electrons. The van der Waals surface area contributed by atoms with Crippen molar-refractivity contribution in [3.8, 4) is 5.75 Å². The molecule has 2 rings (SSSR count). The average molecular weight is 351 g/mol. The zero-order chi connectivity index (χ0) is 18.7. The number of halogens is 2. The van der Waals surface area contributed by atoms with Gasteiger partial charge >= 0.3 is 5.97 Å². The average Bonchev–Trinajstić information content (AvgIpc) is 2.84. The molecule has 0 unspecified atom stereocenters. The van der Waals surface area contributed by atoms with Crippen molar-refractivity contribution in [2.24, 2.45) is 0 Å². The molecule has 0 aliphatic carbocycles. The Morgan fingerprint density at radius 1 is 1.24 bits per heavy atom. The number of nitrogens with one attached hydrogen (secondary N) is 1. The Kier molecular flexibility index (Phi) is 5.56. The van der Waals surface area contributed by atoms with Crippen LogP contribution in [0.3, 0.4) is 0 Å². The van der Waals surface area contributed by atoms with Crippen molar-refractivity contribution in [3.63, 3.8) is 0 Å². The van der Waals surface area contributed by atoms with Gasteiger partial charge in [0.1, 0.15) is 11.5 Å². The molecular formula is C18H19F2NO4. The van der Waals surface area contributed by atoms with E-state index < -0.39 is 29.5 Å². The third-order valence-electron chi connectivity index (χ3n) is 3.73. The highest BCUT2D eigenvalue weighted by molar-refractivity contribution is 6.04. The SMILES string of the molecule is CCOC(=O)c1[nH]c(C)c(C(=O)[C@H](C)Oc2ccc(F)cc2F)c1C. The number of hydrogen-bond donors (Lipinski definition) is 1. The lowest BCUT2D eigenvalue weighted by Gasteiger charge is -2.15. The van der Waals surface area contributed by atoms with E-state index in [0.717, 1.165) is 12.1 Å². The van der Waals surface area contributed by atoms with Gasteiger partial charge in [-0.05, 0) is 45.4 Å². The number of Topliss-reactive ketones (excluding diaryl/α,β-unsaturated/α-hetero) is 1. The lowest BCUT2D eigenvalue weighted by Crippen LogP contribution is -2.25. The topological polar surface area (TPSA) is 68.4 Å². The molecule has 25 heavy (non-hydrogen) atoms. The van der Waals surface area contributed by atoms with Crippen LogP contribution >= 0.6 is 0 Å². The summed E-state index contributed by atoms with van der Waals surface area (Å²) in [7, 11) is 0. The molecule has 2 aromatic rings. The normalized spacial score (nSPS) is 11.9. The van der Waals surface area contributed by atoms with Crippen molar-refractivity contribution in [2.45, 2.75) is 33.8 Å². The van der Waals surface area contributed by atoms with Gasteiger partial charge in [0.05, 0.1) is 6.61 Å². The molecule has 0 spiro atoms. The van der Waals surface area contributed by atoms with Gasteiger partial charge in [-0.15, -0.1) is 0 Å². The summed E-state index contributed by atoms with van der Waals surface area (Å²) in [5, 5.41) is 0. The van der Waals surface area contributed by atoms with E-state index in [9.17, 15) is 18.4 Å². The van der Waals surface area contributed by atoms with Gasteiger partial charge in [-0.2, -0.15) is 0 Å². The number of H-pyrrole nitrogens is 1. The van der Waals surface area contributed by atoms with Crippen LogP contribution in [0, 0.1) is 25.5 Å². The monoisotopic (exact) mass is 351 g/mol. The van der Waals surface area contributed by atoms with Gasteiger partial charge < -0.3 is 14.5 Å². The molecule has 0 bridgehead atoms. The molecule has 0 amide bonds. The van der Waals surface area contributed by atoms with Crippen LogP contribution in [0.5, 0.6) is 5.75 Å². The lowest BCUT2D eigenvalue weighted by atomic mass is 10.0. The summed E-state index contributed by atoms with van der Waals surface area (Å²) in [5.41, 5.74) is 1.41. The minimum absolute atomic E-state index is 0.197. The van der Waals surface area contributed by atoms with Crippen molar-refractivity contribution >= 4 is 11.8 Å². The Bertz CT molecular complexity index is 814. The van der Waals surface area contributed by atoms with Gasteiger partial charge in [0, 0.05) is 17.3 Å². The van der Waals surface area contributed by atoms with Crippen molar-refractivity contribution in [3.05, 3.63) is 52.3 Å². The van der Waals surface area contributed by atoms with E-state index in [-0.39, 0.29) is 23.6 Å². The predicted octanol–water partition coefficient (Wildman–Crippen LogP) is 3.74. The molecule has 1 atom stereocenters. The molecule has 1 aromatic carbocycles. The van der Waals surface area contributed by atoms with Gasteiger partial charge in [0.15, 0.2) is 17.7 Å². The van der Waals surface area contributed by atoms with Gasteiger partial charge in [0.2, 0.25) is 5.78 Å². The number of aromatic nitrogens is 1. The van der Waals surface area contributed by atoms with Crippen LogP contribution in [0.25, 0.3) is 0 Å². The number of esters is 1. The van der Waals surface area contributed by atoms with Crippen LogP contribution in [0.1, 0.15) is 46.0 Å². The summed E-state index contributed by atoms with van der Waals surface area (Å²) in [6.07, 6.45) is -1.02. The molecule has 1 N–H and O–H groups in total. The number of ketones is 1. The van der Waals surface area contributed by atoms with Gasteiger partial charge in [0.25, 0.3) is 0 Å². The second kappa shape index (κ2) is 7.46.